The van der Waals surface area contributed by atoms with Gasteiger partial charge in [0, 0.05) is 12.1 Å². The maximum absolute atomic E-state index is 12.5. The summed E-state index contributed by atoms with van der Waals surface area (Å²) < 4.78 is 10.5. The molecule has 0 radical (unpaired) electrons. The fraction of sp³-hybridized carbons (Fsp3) is 0.391. The van der Waals surface area contributed by atoms with E-state index in [0.717, 1.165) is 23.1 Å². The van der Waals surface area contributed by atoms with Crippen LogP contribution >= 0.6 is 0 Å². The Morgan fingerprint density at radius 2 is 1.55 bits per heavy atom. The molecule has 6 heteroatoms. The molecule has 0 aromatic heterocycles. The molecule has 0 atom stereocenters. The lowest BCUT2D eigenvalue weighted by molar-refractivity contribution is -0.137. The number of amides is 1. The van der Waals surface area contributed by atoms with Gasteiger partial charge in [0.05, 0.1) is 0 Å². The summed E-state index contributed by atoms with van der Waals surface area (Å²) in [6.45, 7) is 10.0. The Bertz CT molecular complexity index is 835. The fourth-order valence-corrected chi connectivity index (χ4v) is 3.38. The van der Waals surface area contributed by atoms with Gasteiger partial charge in [-0.2, -0.15) is 0 Å². The largest absolute Gasteiger partial charge is 0.511 e. The maximum atomic E-state index is 12.5. The van der Waals surface area contributed by atoms with Crippen LogP contribution < -0.4 is 9.47 Å². The van der Waals surface area contributed by atoms with Gasteiger partial charge in [0.1, 0.15) is 11.5 Å². The lowest BCUT2D eigenvalue weighted by Gasteiger charge is -2.30. The molecule has 1 amide bonds. The highest BCUT2D eigenvalue weighted by atomic mass is 16.7. The van der Waals surface area contributed by atoms with Crippen LogP contribution in [0.3, 0.4) is 0 Å². The summed E-state index contributed by atoms with van der Waals surface area (Å²) >= 11 is 0. The quantitative estimate of drug-likeness (QED) is 0.499. The summed E-state index contributed by atoms with van der Waals surface area (Å²) in [6, 6.07) is 12.9. The molecular formula is C23H29NO5. The van der Waals surface area contributed by atoms with Crippen LogP contribution in [0.4, 0.5) is 4.79 Å². The number of aryl methyl sites for hydroxylation is 1. The van der Waals surface area contributed by atoms with E-state index in [-0.39, 0.29) is 30.3 Å². The van der Waals surface area contributed by atoms with Crippen molar-refractivity contribution in [1.82, 2.24) is 4.90 Å². The fourth-order valence-electron chi connectivity index (χ4n) is 3.38. The van der Waals surface area contributed by atoms with Crippen LogP contribution in [0, 0.1) is 0 Å². The first-order valence-electron chi connectivity index (χ1n) is 9.81. The molecule has 2 rings (SSSR count). The number of rotatable bonds is 8. The summed E-state index contributed by atoms with van der Waals surface area (Å²) in [5.41, 5.74) is 2.92. The number of benzene rings is 2. The molecule has 2 aromatic carbocycles. The molecule has 0 fully saturated rings. The van der Waals surface area contributed by atoms with Crippen molar-refractivity contribution >= 4 is 12.1 Å². The van der Waals surface area contributed by atoms with Gasteiger partial charge >= 0.3 is 6.16 Å². The van der Waals surface area contributed by atoms with Crippen LogP contribution in [0.15, 0.2) is 42.5 Å². The van der Waals surface area contributed by atoms with E-state index < -0.39 is 6.16 Å². The predicted octanol–water partition coefficient (Wildman–Crippen LogP) is 5.00. The normalized spacial score (nSPS) is 10.9. The van der Waals surface area contributed by atoms with Crippen LogP contribution in [-0.2, 0) is 11.2 Å². The lowest BCUT2D eigenvalue weighted by atomic mass is 10.0. The minimum absolute atomic E-state index is 0.00390. The second kappa shape index (κ2) is 9.96. The first kappa shape index (κ1) is 22.3. The van der Waals surface area contributed by atoms with E-state index in [0.29, 0.717) is 5.75 Å². The first-order chi connectivity index (χ1) is 13.7. The number of carboxylic acid groups (broad SMARTS) is 1. The smallest absolute Gasteiger partial charge is 0.483 e. The molecule has 0 unspecified atom stereocenters. The summed E-state index contributed by atoms with van der Waals surface area (Å²) in [7, 11) is 0. The molecule has 29 heavy (non-hydrogen) atoms. The number of carbonyl (C=O) groups is 2. The number of ether oxygens (including phenoxy) is 2. The molecule has 0 saturated carbocycles. The molecule has 0 aliphatic carbocycles. The summed E-state index contributed by atoms with van der Waals surface area (Å²) in [6.07, 6.45) is -0.578. The van der Waals surface area contributed by atoms with Gasteiger partial charge in [0.2, 0.25) is 0 Å². The van der Waals surface area contributed by atoms with Crippen molar-refractivity contribution in [2.24, 2.45) is 0 Å². The maximum Gasteiger partial charge on any atom is 0.511 e. The van der Waals surface area contributed by atoms with Crippen molar-refractivity contribution in [2.75, 3.05) is 6.61 Å². The summed E-state index contributed by atoms with van der Waals surface area (Å²) in [4.78, 5) is 25.0. The number of hydrogen-bond donors (Lipinski definition) is 1. The third-order valence-electron chi connectivity index (χ3n) is 4.59. The van der Waals surface area contributed by atoms with Crippen molar-refractivity contribution in [1.29, 1.82) is 0 Å². The van der Waals surface area contributed by atoms with E-state index in [9.17, 15) is 9.59 Å². The summed E-state index contributed by atoms with van der Waals surface area (Å²) in [5, 5.41) is 8.67. The van der Waals surface area contributed by atoms with Crippen LogP contribution in [0.2, 0.25) is 0 Å². The molecule has 0 aliphatic rings. The predicted molar refractivity (Wildman–Crippen MR) is 113 cm³/mol. The van der Waals surface area contributed by atoms with Crippen molar-refractivity contribution < 1.29 is 24.2 Å². The first-order valence-corrected chi connectivity index (χ1v) is 9.81. The minimum Gasteiger partial charge on any atom is -0.483 e. The van der Waals surface area contributed by atoms with Gasteiger partial charge in [0.15, 0.2) is 6.61 Å². The van der Waals surface area contributed by atoms with Crippen LogP contribution in [0.25, 0.3) is 11.1 Å². The molecule has 0 saturated heterocycles. The van der Waals surface area contributed by atoms with E-state index in [1.165, 1.54) is 0 Å². The molecule has 0 spiro atoms. The Morgan fingerprint density at radius 3 is 2.07 bits per heavy atom. The molecule has 6 nitrogen and oxygen atoms in total. The Kier molecular flexibility index (Phi) is 7.65. The van der Waals surface area contributed by atoms with Crippen molar-refractivity contribution in [3.05, 3.63) is 48.0 Å². The van der Waals surface area contributed by atoms with E-state index in [2.05, 4.69) is 4.74 Å². The SMILES string of the molecule is CCc1cc(-c2ccc(OC(=O)O)cc2)ccc1OCC(=O)N(C(C)C)C(C)C. The zero-order valence-corrected chi connectivity index (χ0v) is 17.6. The van der Waals surface area contributed by atoms with Crippen molar-refractivity contribution in [2.45, 2.75) is 53.1 Å². The van der Waals surface area contributed by atoms with Gasteiger partial charge in [-0.3, -0.25) is 4.79 Å². The molecule has 0 aliphatic heterocycles. The van der Waals surface area contributed by atoms with E-state index in [4.69, 9.17) is 9.84 Å². The van der Waals surface area contributed by atoms with Crippen LogP contribution in [-0.4, -0.2) is 40.8 Å². The van der Waals surface area contributed by atoms with Crippen LogP contribution in [0.5, 0.6) is 11.5 Å². The number of hydrogen-bond acceptors (Lipinski definition) is 4. The Morgan fingerprint density at radius 1 is 0.966 bits per heavy atom. The molecule has 2 aromatic rings. The Labute approximate surface area is 172 Å². The zero-order valence-electron chi connectivity index (χ0n) is 17.6. The minimum atomic E-state index is -1.34. The van der Waals surface area contributed by atoms with Gasteiger partial charge in [0.25, 0.3) is 5.91 Å². The van der Waals surface area contributed by atoms with Gasteiger partial charge < -0.3 is 19.5 Å². The number of nitrogens with zero attached hydrogens (tertiary/aromatic N) is 1. The van der Waals surface area contributed by atoms with Gasteiger partial charge in [-0.15, -0.1) is 0 Å². The average molecular weight is 399 g/mol. The van der Waals surface area contributed by atoms with Crippen molar-refractivity contribution in [3.63, 3.8) is 0 Å². The number of carbonyl (C=O) groups excluding carboxylic acids is 1. The van der Waals surface area contributed by atoms with Gasteiger partial charge in [-0.1, -0.05) is 25.1 Å². The molecular weight excluding hydrogens is 370 g/mol. The molecule has 0 bridgehead atoms. The van der Waals surface area contributed by atoms with E-state index >= 15 is 0 Å². The zero-order chi connectivity index (χ0) is 21.6. The topological polar surface area (TPSA) is 76.1 Å². The van der Waals surface area contributed by atoms with Gasteiger partial charge in [-0.25, -0.2) is 4.79 Å². The lowest BCUT2D eigenvalue weighted by Crippen LogP contribution is -2.44. The average Bonchev–Trinajstić information content (AvgIpc) is 2.65. The molecule has 1 N–H and O–H groups in total. The van der Waals surface area contributed by atoms with Crippen LogP contribution in [0.1, 0.15) is 40.2 Å². The van der Waals surface area contributed by atoms with E-state index in [1.807, 2.05) is 57.7 Å². The highest BCUT2D eigenvalue weighted by Gasteiger charge is 2.20. The standard InChI is InChI=1S/C23H29NO5/c1-6-17-13-19(18-7-10-20(11-8-18)29-23(26)27)9-12-21(17)28-14-22(25)24(15(2)3)16(4)5/h7-13,15-16H,6,14H2,1-5H3,(H,26,27). The second-order valence-corrected chi connectivity index (χ2v) is 7.35. The summed E-state index contributed by atoms with van der Waals surface area (Å²) in [5.74, 6) is 0.938. The third-order valence-corrected chi connectivity index (χ3v) is 4.59. The van der Waals surface area contributed by atoms with Crippen molar-refractivity contribution in [3.8, 4) is 22.6 Å². The third kappa shape index (κ3) is 5.98. The Hall–Kier alpha value is -3.02. The Balaban J connectivity index is 2.14. The van der Waals surface area contributed by atoms with E-state index in [1.54, 1.807) is 24.3 Å². The monoisotopic (exact) mass is 399 g/mol. The van der Waals surface area contributed by atoms with Gasteiger partial charge in [-0.05, 0) is 75.1 Å². The molecule has 156 valence electrons. The molecule has 0 heterocycles. The highest BCUT2D eigenvalue weighted by molar-refractivity contribution is 5.78. The highest BCUT2D eigenvalue weighted by Crippen LogP contribution is 2.28. The second-order valence-electron chi connectivity index (χ2n) is 7.35.